The molecule has 2 N–H and O–H groups in total. The molecule has 3 aromatic rings. The van der Waals surface area contributed by atoms with Crippen molar-refractivity contribution in [2.24, 2.45) is 0 Å². The van der Waals surface area contributed by atoms with Gasteiger partial charge in [0, 0.05) is 11.5 Å². The van der Waals surface area contributed by atoms with Crippen LogP contribution < -0.4 is 5.32 Å². The second-order valence-corrected chi connectivity index (χ2v) is 4.80. The maximum atomic E-state index is 12.2. The second-order valence-electron chi connectivity index (χ2n) is 4.80. The Morgan fingerprint density at radius 1 is 1.29 bits per heavy atom. The van der Waals surface area contributed by atoms with Crippen LogP contribution in [0.5, 0.6) is 5.75 Å². The van der Waals surface area contributed by atoms with Crippen molar-refractivity contribution in [1.29, 1.82) is 0 Å². The minimum absolute atomic E-state index is 0.0145. The Morgan fingerprint density at radius 3 is 2.86 bits per heavy atom. The maximum Gasteiger partial charge on any atom is 0.255 e. The summed E-state index contributed by atoms with van der Waals surface area (Å²) in [6.07, 6.45) is 0. The SMILES string of the molecule is Cc1cc(CNC(=O)c2ccc3ccccc3c2O)on1. The normalized spacial score (nSPS) is 10.7. The molecule has 1 heterocycles. The zero-order valence-electron chi connectivity index (χ0n) is 11.5. The van der Waals surface area contributed by atoms with Crippen molar-refractivity contribution in [2.45, 2.75) is 13.5 Å². The molecule has 5 heteroatoms. The summed E-state index contributed by atoms with van der Waals surface area (Å²) in [7, 11) is 0. The van der Waals surface area contributed by atoms with E-state index in [2.05, 4.69) is 10.5 Å². The molecule has 0 unspecified atom stereocenters. The van der Waals surface area contributed by atoms with Gasteiger partial charge in [0.15, 0.2) is 5.76 Å². The number of nitrogens with one attached hydrogen (secondary N) is 1. The van der Waals surface area contributed by atoms with Gasteiger partial charge >= 0.3 is 0 Å². The van der Waals surface area contributed by atoms with Crippen molar-refractivity contribution in [2.75, 3.05) is 0 Å². The number of carbonyl (C=O) groups excluding carboxylic acids is 1. The van der Waals surface area contributed by atoms with Crippen molar-refractivity contribution >= 4 is 16.7 Å². The number of phenolic OH excluding ortho intramolecular Hbond substituents is 1. The predicted molar refractivity (Wildman–Crippen MR) is 78.0 cm³/mol. The van der Waals surface area contributed by atoms with Crippen LogP contribution in [0.25, 0.3) is 10.8 Å². The second kappa shape index (κ2) is 5.28. The molecule has 0 spiro atoms. The number of hydrogen-bond donors (Lipinski definition) is 2. The first-order valence-electron chi connectivity index (χ1n) is 6.56. The van der Waals surface area contributed by atoms with Gasteiger partial charge in [-0.3, -0.25) is 4.79 Å². The van der Waals surface area contributed by atoms with Crippen LogP contribution in [-0.2, 0) is 6.54 Å². The standard InChI is InChI=1S/C16H14N2O3/c1-10-8-12(21-18-10)9-17-16(20)14-7-6-11-4-2-3-5-13(11)15(14)19/h2-8,19H,9H2,1H3,(H,17,20). The third-order valence-electron chi connectivity index (χ3n) is 3.25. The molecule has 0 saturated carbocycles. The highest BCUT2D eigenvalue weighted by Gasteiger charge is 2.14. The van der Waals surface area contributed by atoms with E-state index in [-0.39, 0.29) is 23.8 Å². The number of aromatic nitrogens is 1. The van der Waals surface area contributed by atoms with E-state index in [1.165, 1.54) is 0 Å². The fraction of sp³-hybridized carbons (Fsp3) is 0.125. The minimum atomic E-state index is -0.354. The Morgan fingerprint density at radius 2 is 2.10 bits per heavy atom. The van der Waals surface area contributed by atoms with Crippen LogP contribution in [0.2, 0.25) is 0 Å². The summed E-state index contributed by atoms with van der Waals surface area (Å²) in [4.78, 5) is 12.2. The van der Waals surface area contributed by atoms with E-state index in [4.69, 9.17) is 4.52 Å². The molecular formula is C16H14N2O3. The van der Waals surface area contributed by atoms with Crippen LogP contribution in [0.15, 0.2) is 47.0 Å². The monoisotopic (exact) mass is 282 g/mol. The molecule has 1 amide bonds. The molecule has 0 aliphatic rings. The number of phenols is 1. The quantitative estimate of drug-likeness (QED) is 0.774. The summed E-state index contributed by atoms with van der Waals surface area (Å²) in [6.45, 7) is 2.04. The Kier molecular flexibility index (Phi) is 3.31. The number of amides is 1. The van der Waals surface area contributed by atoms with Crippen molar-refractivity contribution in [3.8, 4) is 5.75 Å². The summed E-state index contributed by atoms with van der Waals surface area (Å²) in [5.74, 6) is 0.202. The Labute approximate surface area is 121 Å². The molecule has 0 bridgehead atoms. The van der Waals surface area contributed by atoms with Gasteiger partial charge < -0.3 is 14.9 Å². The molecule has 0 atom stereocenters. The van der Waals surface area contributed by atoms with E-state index in [0.717, 1.165) is 11.1 Å². The highest BCUT2D eigenvalue weighted by molar-refractivity contribution is 6.03. The molecule has 3 rings (SSSR count). The van der Waals surface area contributed by atoms with E-state index >= 15 is 0 Å². The largest absolute Gasteiger partial charge is 0.506 e. The lowest BCUT2D eigenvalue weighted by Crippen LogP contribution is -2.22. The lowest BCUT2D eigenvalue weighted by molar-refractivity contribution is 0.0944. The fourth-order valence-corrected chi connectivity index (χ4v) is 2.20. The number of benzene rings is 2. The van der Waals surface area contributed by atoms with Gasteiger partial charge in [-0.2, -0.15) is 0 Å². The number of rotatable bonds is 3. The number of aromatic hydroxyl groups is 1. The minimum Gasteiger partial charge on any atom is -0.506 e. The average molecular weight is 282 g/mol. The molecule has 106 valence electrons. The van der Waals surface area contributed by atoms with E-state index in [0.29, 0.717) is 11.1 Å². The molecule has 0 aliphatic carbocycles. The number of fused-ring (bicyclic) bond motifs is 1. The highest BCUT2D eigenvalue weighted by atomic mass is 16.5. The van der Waals surface area contributed by atoms with Gasteiger partial charge in [-0.1, -0.05) is 35.5 Å². The lowest BCUT2D eigenvalue weighted by Gasteiger charge is -2.08. The predicted octanol–water partition coefficient (Wildman–Crippen LogP) is 2.77. The lowest BCUT2D eigenvalue weighted by atomic mass is 10.0. The van der Waals surface area contributed by atoms with Gasteiger partial charge in [0.1, 0.15) is 5.75 Å². The maximum absolute atomic E-state index is 12.2. The van der Waals surface area contributed by atoms with Crippen molar-refractivity contribution in [1.82, 2.24) is 10.5 Å². The van der Waals surface area contributed by atoms with Gasteiger partial charge in [0.25, 0.3) is 5.91 Å². The zero-order valence-corrected chi connectivity index (χ0v) is 11.5. The zero-order chi connectivity index (χ0) is 14.8. The van der Waals surface area contributed by atoms with Gasteiger partial charge in [0.05, 0.1) is 17.8 Å². The summed E-state index contributed by atoms with van der Waals surface area (Å²) < 4.78 is 5.02. The van der Waals surface area contributed by atoms with Gasteiger partial charge in [-0.25, -0.2) is 0 Å². The van der Waals surface area contributed by atoms with E-state index in [1.807, 2.05) is 31.2 Å². The van der Waals surface area contributed by atoms with Crippen LogP contribution in [0.4, 0.5) is 0 Å². The summed E-state index contributed by atoms with van der Waals surface area (Å²) in [5, 5.41) is 18.2. The Hall–Kier alpha value is -2.82. The van der Waals surface area contributed by atoms with Crippen molar-refractivity contribution in [3.63, 3.8) is 0 Å². The smallest absolute Gasteiger partial charge is 0.255 e. The molecule has 2 aromatic carbocycles. The highest BCUT2D eigenvalue weighted by Crippen LogP contribution is 2.28. The number of carbonyl (C=O) groups is 1. The molecule has 1 aromatic heterocycles. The molecule has 0 aliphatic heterocycles. The molecule has 21 heavy (non-hydrogen) atoms. The molecular weight excluding hydrogens is 268 g/mol. The summed E-state index contributed by atoms with van der Waals surface area (Å²) in [6, 6.07) is 12.5. The molecule has 0 fully saturated rings. The topological polar surface area (TPSA) is 75.4 Å². The van der Waals surface area contributed by atoms with Crippen molar-refractivity contribution in [3.05, 3.63) is 59.5 Å². The van der Waals surface area contributed by atoms with Crippen LogP contribution in [-0.4, -0.2) is 16.2 Å². The average Bonchev–Trinajstić information content (AvgIpc) is 2.91. The van der Waals surface area contributed by atoms with Gasteiger partial charge in [-0.15, -0.1) is 0 Å². The number of hydrogen-bond acceptors (Lipinski definition) is 4. The van der Waals surface area contributed by atoms with Crippen LogP contribution >= 0.6 is 0 Å². The van der Waals surface area contributed by atoms with E-state index in [1.54, 1.807) is 18.2 Å². The molecule has 0 radical (unpaired) electrons. The first-order valence-corrected chi connectivity index (χ1v) is 6.56. The van der Waals surface area contributed by atoms with E-state index < -0.39 is 0 Å². The van der Waals surface area contributed by atoms with Crippen LogP contribution in [0, 0.1) is 6.92 Å². The molecule has 5 nitrogen and oxygen atoms in total. The number of aryl methyl sites for hydroxylation is 1. The fourth-order valence-electron chi connectivity index (χ4n) is 2.20. The number of nitrogens with zero attached hydrogens (tertiary/aromatic N) is 1. The Balaban J connectivity index is 1.82. The van der Waals surface area contributed by atoms with Crippen LogP contribution in [0.3, 0.4) is 0 Å². The van der Waals surface area contributed by atoms with Crippen molar-refractivity contribution < 1.29 is 14.4 Å². The van der Waals surface area contributed by atoms with Gasteiger partial charge in [-0.05, 0) is 18.4 Å². The summed E-state index contributed by atoms with van der Waals surface area (Å²) >= 11 is 0. The third kappa shape index (κ3) is 2.58. The summed E-state index contributed by atoms with van der Waals surface area (Å²) in [5.41, 5.74) is 0.998. The molecule has 0 saturated heterocycles. The van der Waals surface area contributed by atoms with Crippen LogP contribution in [0.1, 0.15) is 21.8 Å². The Bertz CT molecular complexity index is 808. The first-order chi connectivity index (χ1) is 10.1. The first kappa shape index (κ1) is 13.2. The third-order valence-corrected chi connectivity index (χ3v) is 3.25. The van der Waals surface area contributed by atoms with Gasteiger partial charge in [0.2, 0.25) is 0 Å². The van der Waals surface area contributed by atoms with E-state index in [9.17, 15) is 9.90 Å².